The molecule has 0 amide bonds. The summed E-state index contributed by atoms with van der Waals surface area (Å²) in [6.07, 6.45) is 9.56. The Morgan fingerprint density at radius 1 is 1.12 bits per heavy atom. The Balaban J connectivity index is 1.78. The van der Waals surface area contributed by atoms with E-state index in [1.54, 1.807) is 11.1 Å². The third-order valence-electron chi connectivity index (χ3n) is 3.75. The van der Waals surface area contributed by atoms with Crippen LogP contribution in [0.1, 0.15) is 36.0 Å². The van der Waals surface area contributed by atoms with Crippen LogP contribution in [0.5, 0.6) is 0 Å². The average molecular weight is 233 g/mol. The van der Waals surface area contributed by atoms with Gasteiger partial charge in [-0.05, 0) is 55.2 Å². The number of alkyl halides is 1. The normalized spacial score (nSPS) is 23.3. The topological polar surface area (TPSA) is 0 Å². The number of hydrogen-bond acceptors (Lipinski definition) is 0. The summed E-state index contributed by atoms with van der Waals surface area (Å²) in [5, 5.41) is 0.282. The summed E-state index contributed by atoms with van der Waals surface area (Å²) >= 11 is 6.09. The first-order chi connectivity index (χ1) is 7.81. The Morgan fingerprint density at radius 2 is 2.00 bits per heavy atom. The SMILES string of the molecule is ClC1C=C(Cc2ccc3c(c2)CCC3)CC1. The zero-order chi connectivity index (χ0) is 11.0. The van der Waals surface area contributed by atoms with Crippen molar-refractivity contribution in [1.82, 2.24) is 0 Å². The van der Waals surface area contributed by atoms with Crippen LogP contribution in [0.25, 0.3) is 0 Å². The van der Waals surface area contributed by atoms with Gasteiger partial charge in [-0.15, -0.1) is 11.6 Å². The van der Waals surface area contributed by atoms with Crippen molar-refractivity contribution in [2.24, 2.45) is 0 Å². The van der Waals surface area contributed by atoms with Crippen LogP contribution in [0, 0.1) is 0 Å². The Labute approximate surface area is 102 Å². The minimum Gasteiger partial charge on any atom is -0.118 e. The molecule has 2 aliphatic carbocycles. The summed E-state index contributed by atoms with van der Waals surface area (Å²) in [7, 11) is 0. The largest absolute Gasteiger partial charge is 0.118 e. The second-order valence-electron chi connectivity index (χ2n) is 5.01. The molecule has 2 aliphatic rings. The van der Waals surface area contributed by atoms with E-state index in [4.69, 9.17) is 11.6 Å². The highest BCUT2D eigenvalue weighted by Crippen LogP contribution is 2.28. The number of aryl methyl sites for hydroxylation is 2. The van der Waals surface area contributed by atoms with E-state index in [0.717, 1.165) is 12.8 Å². The molecular formula is C15H17Cl. The molecule has 1 atom stereocenters. The zero-order valence-corrected chi connectivity index (χ0v) is 10.3. The van der Waals surface area contributed by atoms with E-state index in [2.05, 4.69) is 24.3 Å². The van der Waals surface area contributed by atoms with E-state index in [9.17, 15) is 0 Å². The standard InChI is InChI=1S/C15H17Cl/c16-15-7-5-12(10-15)8-11-4-6-13-2-1-3-14(13)9-11/h4,6,9-10,15H,1-3,5,7-8H2. The third kappa shape index (κ3) is 2.04. The van der Waals surface area contributed by atoms with Crippen LogP contribution in [0.2, 0.25) is 0 Å². The molecule has 0 nitrogen and oxygen atoms in total. The molecule has 0 radical (unpaired) electrons. The van der Waals surface area contributed by atoms with E-state index in [1.807, 2.05) is 0 Å². The van der Waals surface area contributed by atoms with Gasteiger partial charge in [0.05, 0.1) is 5.38 Å². The van der Waals surface area contributed by atoms with Gasteiger partial charge in [0.2, 0.25) is 0 Å². The molecule has 1 unspecified atom stereocenters. The highest BCUT2D eigenvalue weighted by molar-refractivity contribution is 6.22. The molecule has 0 saturated carbocycles. The van der Waals surface area contributed by atoms with E-state index >= 15 is 0 Å². The van der Waals surface area contributed by atoms with Gasteiger partial charge < -0.3 is 0 Å². The van der Waals surface area contributed by atoms with Crippen LogP contribution in [-0.4, -0.2) is 5.38 Å². The van der Waals surface area contributed by atoms with Crippen molar-refractivity contribution in [3.63, 3.8) is 0 Å². The van der Waals surface area contributed by atoms with Gasteiger partial charge in [0.1, 0.15) is 0 Å². The summed E-state index contributed by atoms with van der Waals surface area (Å²) < 4.78 is 0. The summed E-state index contributed by atoms with van der Waals surface area (Å²) in [6.45, 7) is 0. The van der Waals surface area contributed by atoms with Gasteiger partial charge in [0.25, 0.3) is 0 Å². The third-order valence-corrected chi connectivity index (χ3v) is 4.10. The molecule has 0 fully saturated rings. The lowest BCUT2D eigenvalue weighted by molar-refractivity contribution is 0.891. The van der Waals surface area contributed by atoms with E-state index in [0.29, 0.717) is 0 Å². The number of hydrogen-bond donors (Lipinski definition) is 0. The zero-order valence-electron chi connectivity index (χ0n) is 9.51. The molecule has 16 heavy (non-hydrogen) atoms. The van der Waals surface area contributed by atoms with Crippen molar-refractivity contribution >= 4 is 11.6 Å². The van der Waals surface area contributed by atoms with E-state index in [-0.39, 0.29) is 5.38 Å². The van der Waals surface area contributed by atoms with Crippen LogP contribution in [0.15, 0.2) is 29.8 Å². The summed E-state index contributed by atoms with van der Waals surface area (Å²) in [6, 6.07) is 7.03. The predicted molar refractivity (Wildman–Crippen MR) is 69.1 cm³/mol. The predicted octanol–water partition coefficient (Wildman–Crippen LogP) is 4.05. The molecule has 0 heterocycles. The van der Waals surface area contributed by atoms with Crippen molar-refractivity contribution in [1.29, 1.82) is 0 Å². The minimum atomic E-state index is 0.282. The van der Waals surface area contributed by atoms with Crippen LogP contribution in [0.4, 0.5) is 0 Å². The van der Waals surface area contributed by atoms with Gasteiger partial charge in [-0.3, -0.25) is 0 Å². The Hall–Kier alpha value is -0.750. The summed E-state index contributed by atoms with van der Waals surface area (Å²) in [5.74, 6) is 0. The van der Waals surface area contributed by atoms with Crippen molar-refractivity contribution in [3.8, 4) is 0 Å². The molecule has 1 aromatic rings. The quantitative estimate of drug-likeness (QED) is 0.533. The smallest absolute Gasteiger partial charge is 0.0521 e. The van der Waals surface area contributed by atoms with Gasteiger partial charge >= 0.3 is 0 Å². The molecule has 1 heteroatoms. The van der Waals surface area contributed by atoms with Gasteiger partial charge in [-0.25, -0.2) is 0 Å². The second kappa shape index (κ2) is 4.25. The number of benzene rings is 1. The molecule has 84 valence electrons. The molecule has 0 aliphatic heterocycles. The number of rotatable bonds is 2. The molecule has 1 aromatic carbocycles. The van der Waals surface area contributed by atoms with Gasteiger partial charge in [0, 0.05) is 0 Å². The number of allylic oxidation sites excluding steroid dienone is 2. The maximum Gasteiger partial charge on any atom is 0.0521 e. The van der Waals surface area contributed by atoms with E-state index < -0.39 is 0 Å². The van der Waals surface area contributed by atoms with Gasteiger partial charge in [-0.1, -0.05) is 29.8 Å². The molecule has 3 rings (SSSR count). The fraction of sp³-hybridized carbons (Fsp3) is 0.467. The Morgan fingerprint density at radius 3 is 2.81 bits per heavy atom. The minimum absolute atomic E-state index is 0.282. The number of fused-ring (bicyclic) bond motifs is 1. The monoisotopic (exact) mass is 232 g/mol. The fourth-order valence-corrected chi connectivity index (χ4v) is 3.18. The van der Waals surface area contributed by atoms with E-state index in [1.165, 1.54) is 36.8 Å². The Bertz CT molecular complexity index is 431. The van der Waals surface area contributed by atoms with Crippen molar-refractivity contribution in [2.45, 2.75) is 43.9 Å². The van der Waals surface area contributed by atoms with Crippen molar-refractivity contribution in [3.05, 3.63) is 46.5 Å². The molecule has 0 spiro atoms. The molecule has 0 aromatic heterocycles. The second-order valence-corrected chi connectivity index (χ2v) is 5.57. The summed E-state index contributed by atoms with van der Waals surface area (Å²) in [5.41, 5.74) is 6.15. The molecule has 0 saturated heterocycles. The lowest BCUT2D eigenvalue weighted by Crippen LogP contribution is -1.91. The van der Waals surface area contributed by atoms with Gasteiger partial charge in [0.15, 0.2) is 0 Å². The lowest BCUT2D eigenvalue weighted by Gasteiger charge is -2.05. The van der Waals surface area contributed by atoms with Crippen molar-refractivity contribution < 1.29 is 0 Å². The van der Waals surface area contributed by atoms with Crippen LogP contribution >= 0.6 is 11.6 Å². The Kier molecular flexibility index (Phi) is 2.77. The van der Waals surface area contributed by atoms with Crippen LogP contribution in [0.3, 0.4) is 0 Å². The lowest BCUT2D eigenvalue weighted by atomic mass is 10.0. The highest BCUT2D eigenvalue weighted by Gasteiger charge is 2.15. The maximum atomic E-state index is 6.09. The average Bonchev–Trinajstić information content (AvgIpc) is 2.87. The summed E-state index contributed by atoms with van der Waals surface area (Å²) in [4.78, 5) is 0. The first kappa shape index (κ1) is 10.4. The highest BCUT2D eigenvalue weighted by atomic mass is 35.5. The van der Waals surface area contributed by atoms with Crippen LogP contribution in [-0.2, 0) is 19.3 Å². The fourth-order valence-electron chi connectivity index (χ4n) is 2.89. The first-order valence-corrected chi connectivity index (χ1v) is 6.69. The van der Waals surface area contributed by atoms with Gasteiger partial charge in [-0.2, -0.15) is 0 Å². The first-order valence-electron chi connectivity index (χ1n) is 6.25. The molecular weight excluding hydrogens is 216 g/mol. The molecule has 0 bridgehead atoms. The molecule has 0 N–H and O–H groups in total. The van der Waals surface area contributed by atoms with Crippen LogP contribution < -0.4 is 0 Å². The number of halogens is 1. The maximum absolute atomic E-state index is 6.09. The van der Waals surface area contributed by atoms with Crippen molar-refractivity contribution in [2.75, 3.05) is 0 Å².